The molecule has 1 atom stereocenters. The lowest BCUT2D eigenvalue weighted by atomic mass is 10.00. The molecule has 158 valence electrons. The zero-order valence-electron chi connectivity index (χ0n) is 17.3. The Morgan fingerprint density at radius 2 is 1.78 bits per heavy atom. The third-order valence-electron chi connectivity index (χ3n) is 5.33. The Hall–Kier alpha value is -4.26. The van der Waals surface area contributed by atoms with Crippen LogP contribution in [0, 0.1) is 0 Å². The van der Waals surface area contributed by atoms with Crippen molar-refractivity contribution in [2.45, 2.75) is 12.5 Å². The molecule has 0 spiro atoms. The van der Waals surface area contributed by atoms with Gasteiger partial charge in [0, 0.05) is 25.0 Å². The van der Waals surface area contributed by atoms with E-state index < -0.39 is 0 Å². The molecule has 1 aliphatic rings. The number of oxime groups is 1. The van der Waals surface area contributed by atoms with Crippen molar-refractivity contribution in [3.05, 3.63) is 103 Å². The van der Waals surface area contributed by atoms with Gasteiger partial charge in [-0.3, -0.25) is 9.36 Å². The summed E-state index contributed by atoms with van der Waals surface area (Å²) < 4.78 is 1.78. The Bertz CT molecular complexity index is 1220. The van der Waals surface area contributed by atoms with E-state index in [2.05, 4.69) is 56.8 Å². The highest BCUT2D eigenvalue weighted by Gasteiger charge is 2.23. The molecule has 2 aromatic heterocycles. The fraction of sp³-hybridized carbons (Fsp3) is 0.120. The second-order valence-electron chi connectivity index (χ2n) is 7.50. The van der Waals surface area contributed by atoms with Crippen LogP contribution in [0.25, 0.3) is 16.9 Å². The van der Waals surface area contributed by atoms with E-state index in [9.17, 15) is 4.79 Å². The minimum absolute atomic E-state index is 0.194. The minimum Gasteiger partial charge on any atom is -0.390 e. The molecule has 5 rings (SSSR count). The molecule has 7 nitrogen and oxygen atoms in total. The van der Waals surface area contributed by atoms with Gasteiger partial charge in [0.25, 0.3) is 5.91 Å². The van der Waals surface area contributed by atoms with E-state index in [0.29, 0.717) is 24.3 Å². The molecule has 4 aromatic rings. The Morgan fingerprint density at radius 3 is 2.50 bits per heavy atom. The molecule has 1 N–H and O–H groups in total. The number of nitrogens with zero attached hydrogens (tertiary/aromatic N) is 4. The van der Waals surface area contributed by atoms with E-state index >= 15 is 0 Å². The number of aromatic nitrogens is 3. The van der Waals surface area contributed by atoms with Crippen LogP contribution in [0.15, 0.2) is 96.8 Å². The lowest BCUT2D eigenvalue weighted by Crippen LogP contribution is -2.32. The molecule has 1 amide bonds. The van der Waals surface area contributed by atoms with Gasteiger partial charge in [0.05, 0.1) is 17.8 Å². The van der Waals surface area contributed by atoms with E-state index in [-0.39, 0.29) is 12.0 Å². The van der Waals surface area contributed by atoms with Gasteiger partial charge in [-0.1, -0.05) is 59.8 Å². The van der Waals surface area contributed by atoms with Crippen LogP contribution >= 0.6 is 0 Å². The zero-order valence-corrected chi connectivity index (χ0v) is 17.3. The molecule has 0 bridgehead atoms. The lowest BCUT2D eigenvalue weighted by Gasteiger charge is -2.10. The second-order valence-corrected chi connectivity index (χ2v) is 7.50. The number of carbonyl (C=O) groups excluding carboxylic acids is 1. The van der Waals surface area contributed by atoms with Gasteiger partial charge in [0.15, 0.2) is 0 Å². The molecule has 0 radical (unpaired) electrons. The maximum Gasteiger partial charge on any atom is 0.252 e. The fourth-order valence-electron chi connectivity index (χ4n) is 3.57. The van der Waals surface area contributed by atoms with E-state index in [1.54, 1.807) is 41.6 Å². The smallest absolute Gasteiger partial charge is 0.252 e. The van der Waals surface area contributed by atoms with E-state index in [4.69, 9.17) is 4.84 Å². The molecular formula is C25H21N5O2. The number of imidazole rings is 1. The largest absolute Gasteiger partial charge is 0.390 e. The maximum absolute atomic E-state index is 12.5. The van der Waals surface area contributed by atoms with Crippen LogP contribution in [0.5, 0.6) is 0 Å². The molecule has 1 aliphatic heterocycles. The van der Waals surface area contributed by atoms with Crippen LogP contribution in [-0.4, -0.2) is 38.8 Å². The number of benzene rings is 2. The minimum atomic E-state index is -0.195. The van der Waals surface area contributed by atoms with Crippen LogP contribution in [-0.2, 0) is 4.84 Å². The second kappa shape index (κ2) is 8.85. The number of hydrogen-bond donors (Lipinski definition) is 1. The number of amides is 1. The fourth-order valence-corrected chi connectivity index (χ4v) is 3.57. The first kappa shape index (κ1) is 19.7. The summed E-state index contributed by atoms with van der Waals surface area (Å²) in [5.41, 5.74) is 4.74. The van der Waals surface area contributed by atoms with Gasteiger partial charge in [-0.05, 0) is 28.8 Å². The third kappa shape index (κ3) is 4.27. The molecule has 3 heterocycles. The van der Waals surface area contributed by atoms with Crippen LogP contribution in [0.2, 0.25) is 0 Å². The molecular weight excluding hydrogens is 402 g/mol. The van der Waals surface area contributed by atoms with Crippen molar-refractivity contribution < 1.29 is 9.63 Å². The topological polar surface area (TPSA) is 81.4 Å². The van der Waals surface area contributed by atoms with Gasteiger partial charge >= 0.3 is 0 Å². The Morgan fingerprint density at radius 1 is 1.00 bits per heavy atom. The first-order valence-corrected chi connectivity index (χ1v) is 10.4. The summed E-state index contributed by atoms with van der Waals surface area (Å²) in [5, 5.41) is 7.13. The summed E-state index contributed by atoms with van der Waals surface area (Å²) >= 11 is 0. The molecule has 2 aromatic carbocycles. The zero-order chi connectivity index (χ0) is 21.8. The Kier molecular flexibility index (Phi) is 5.45. The van der Waals surface area contributed by atoms with Gasteiger partial charge in [0.2, 0.25) is 0 Å². The normalized spacial score (nSPS) is 15.1. The summed E-state index contributed by atoms with van der Waals surface area (Å²) in [6, 6.07) is 22.0. The predicted molar refractivity (Wildman–Crippen MR) is 122 cm³/mol. The number of hydrogen-bond acceptors (Lipinski definition) is 5. The van der Waals surface area contributed by atoms with Crippen LogP contribution in [0.3, 0.4) is 0 Å². The summed E-state index contributed by atoms with van der Waals surface area (Å²) in [7, 11) is 0. The Balaban J connectivity index is 1.14. The van der Waals surface area contributed by atoms with E-state index in [1.165, 1.54) is 5.56 Å². The van der Waals surface area contributed by atoms with Crippen molar-refractivity contribution >= 4 is 11.6 Å². The quantitative estimate of drug-likeness (QED) is 0.511. The highest BCUT2D eigenvalue weighted by atomic mass is 16.6. The molecule has 7 heteroatoms. The van der Waals surface area contributed by atoms with Gasteiger partial charge in [-0.2, -0.15) is 0 Å². The first-order chi connectivity index (χ1) is 15.8. The number of carbonyl (C=O) groups is 1. The molecule has 0 aliphatic carbocycles. The lowest BCUT2D eigenvalue weighted by molar-refractivity contribution is 0.0753. The number of pyridine rings is 1. The number of rotatable bonds is 6. The SMILES string of the molecule is O=C(NCC1CC(c2ccc(-c3ccccc3)cc2)=NO1)c1ccc(-n2ccnc2)nc1. The molecule has 32 heavy (non-hydrogen) atoms. The van der Waals surface area contributed by atoms with Crippen molar-refractivity contribution in [3.63, 3.8) is 0 Å². The maximum atomic E-state index is 12.5. The molecule has 0 saturated heterocycles. The van der Waals surface area contributed by atoms with Gasteiger partial charge in [0.1, 0.15) is 18.2 Å². The highest BCUT2D eigenvalue weighted by Crippen LogP contribution is 2.22. The monoisotopic (exact) mass is 423 g/mol. The van der Waals surface area contributed by atoms with Gasteiger partial charge in [-0.15, -0.1) is 0 Å². The van der Waals surface area contributed by atoms with Gasteiger partial charge in [-0.25, -0.2) is 9.97 Å². The summed E-state index contributed by atoms with van der Waals surface area (Å²) in [5.74, 6) is 0.508. The van der Waals surface area contributed by atoms with E-state index in [1.807, 2.05) is 18.2 Å². The number of nitrogens with one attached hydrogen (secondary N) is 1. The standard InChI is InChI=1S/C25H21N5O2/c31-25(21-10-11-24(27-15-21)30-13-12-26-17-30)28-16-22-14-23(29-32-22)20-8-6-19(7-9-20)18-4-2-1-3-5-18/h1-13,15,17,22H,14,16H2,(H,28,31). The first-order valence-electron chi connectivity index (χ1n) is 10.4. The summed E-state index contributed by atoms with van der Waals surface area (Å²) in [6.07, 6.45) is 7.14. The highest BCUT2D eigenvalue weighted by molar-refractivity contribution is 6.01. The van der Waals surface area contributed by atoms with Crippen molar-refractivity contribution in [3.8, 4) is 16.9 Å². The summed E-state index contributed by atoms with van der Waals surface area (Å²) in [4.78, 5) is 26.3. The van der Waals surface area contributed by atoms with Crippen molar-refractivity contribution in [2.75, 3.05) is 6.54 Å². The van der Waals surface area contributed by atoms with Crippen LogP contribution in [0.1, 0.15) is 22.3 Å². The van der Waals surface area contributed by atoms with E-state index in [0.717, 1.165) is 16.8 Å². The average molecular weight is 423 g/mol. The molecule has 1 unspecified atom stereocenters. The van der Waals surface area contributed by atoms with Crippen molar-refractivity contribution in [2.24, 2.45) is 5.16 Å². The average Bonchev–Trinajstić information content (AvgIpc) is 3.56. The van der Waals surface area contributed by atoms with Gasteiger partial charge < -0.3 is 10.2 Å². The van der Waals surface area contributed by atoms with Crippen molar-refractivity contribution in [1.82, 2.24) is 19.9 Å². The Labute approximate surface area is 185 Å². The molecule has 0 saturated carbocycles. The van der Waals surface area contributed by atoms with Crippen molar-refractivity contribution in [1.29, 1.82) is 0 Å². The predicted octanol–water partition coefficient (Wildman–Crippen LogP) is 3.86. The van der Waals surface area contributed by atoms with Crippen LogP contribution in [0.4, 0.5) is 0 Å². The summed E-state index contributed by atoms with van der Waals surface area (Å²) in [6.45, 7) is 0.372. The van der Waals surface area contributed by atoms with Crippen LogP contribution < -0.4 is 5.32 Å². The molecule has 0 fully saturated rings. The third-order valence-corrected chi connectivity index (χ3v) is 5.33.